The van der Waals surface area contributed by atoms with Crippen LogP contribution in [-0.4, -0.2) is 77.4 Å². The monoisotopic (exact) mass is 473 g/mol. The van der Waals surface area contributed by atoms with Crippen molar-refractivity contribution in [2.45, 2.75) is 13.0 Å². The molecule has 0 bridgehead atoms. The molecule has 4 rings (SSSR count). The Morgan fingerprint density at radius 2 is 2.26 bits per heavy atom. The smallest absolute Gasteiger partial charge is 0.295 e. The van der Waals surface area contributed by atoms with Crippen LogP contribution in [0.1, 0.15) is 12.5 Å². The van der Waals surface area contributed by atoms with Crippen LogP contribution in [0.5, 0.6) is 5.75 Å². The molecule has 3 aromatic rings. The Morgan fingerprint density at radius 1 is 1.37 bits per heavy atom. The van der Waals surface area contributed by atoms with E-state index in [4.69, 9.17) is 15.9 Å². The van der Waals surface area contributed by atoms with Crippen LogP contribution in [0.25, 0.3) is 16.6 Å². The highest BCUT2D eigenvalue weighted by Crippen LogP contribution is 2.31. The van der Waals surface area contributed by atoms with Crippen LogP contribution in [0.4, 0.5) is 5.82 Å². The van der Waals surface area contributed by atoms with Crippen molar-refractivity contribution in [3.8, 4) is 35.3 Å². The molecule has 1 amide bonds. The molecule has 3 aromatic heterocycles. The minimum absolute atomic E-state index is 0.00687. The fourth-order valence-corrected chi connectivity index (χ4v) is 3.91. The van der Waals surface area contributed by atoms with E-state index in [-0.39, 0.29) is 6.10 Å². The van der Waals surface area contributed by atoms with Crippen molar-refractivity contribution in [3.05, 3.63) is 42.4 Å². The molecule has 1 aliphatic rings. The Kier molecular flexibility index (Phi) is 7.78. The average Bonchev–Trinajstić information content (AvgIpc) is 3.33. The van der Waals surface area contributed by atoms with Gasteiger partial charge in [0.05, 0.1) is 30.1 Å². The van der Waals surface area contributed by atoms with Gasteiger partial charge in [0, 0.05) is 43.5 Å². The molecule has 35 heavy (non-hydrogen) atoms. The summed E-state index contributed by atoms with van der Waals surface area (Å²) in [7, 11) is 0. The number of fused-ring (bicyclic) bond motifs is 1. The first-order valence-electron chi connectivity index (χ1n) is 11.4. The number of carbonyl (C=O) groups excluding carboxylic acids is 1. The lowest BCUT2D eigenvalue weighted by Gasteiger charge is -2.31. The molecule has 4 heterocycles. The van der Waals surface area contributed by atoms with E-state index in [1.54, 1.807) is 23.1 Å². The number of hydrogen-bond donors (Lipinski definition) is 2. The van der Waals surface area contributed by atoms with Gasteiger partial charge >= 0.3 is 0 Å². The number of nitrogens with zero attached hydrogens (tertiary/aromatic N) is 5. The SMILES string of the molecule is C#CC(=O)NCCNc1ccc(-c2cc(OC[C@H]3CN(CC)CCO3)cn3ncc(C#N)c23)cn1. The number of anilines is 1. The molecule has 10 nitrogen and oxygen atoms in total. The number of nitriles is 1. The predicted octanol–water partition coefficient (Wildman–Crippen LogP) is 1.53. The number of amides is 1. The van der Waals surface area contributed by atoms with Crippen molar-refractivity contribution >= 4 is 17.2 Å². The summed E-state index contributed by atoms with van der Waals surface area (Å²) in [4.78, 5) is 17.9. The maximum Gasteiger partial charge on any atom is 0.295 e. The molecule has 1 aliphatic heterocycles. The Balaban J connectivity index is 1.51. The van der Waals surface area contributed by atoms with Gasteiger partial charge in [-0.2, -0.15) is 10.4 Å². The molecule has 1 atom stereocenters. The molecule has 1 saturated heterocycles. The van der Waals surface area contributed by atoms with Gasteiger partial charge in [-0.05, 0) is 30.7 Å². The van der Waals surface area contributed by atoms with E-state index < -0.39 is 5.91 Å². The fourth-order valence-electron chi connectivity index (χ4n) is 3.91. The standard InChI is InChI=1S/C25H27N7O3/c1-3-24(33)28-8-7-27-23-6-5-18(13-29-23)22-11-20(16-32-25(22)19(12-26)14-30-32)35-17-21-15-31(4-2)9-10-34-21/h1,5-6,11,13-14,16,21H,4,7-10,15,17H2,2H3,(H,27,29)(H,28,33)/t21-/m1/s1. The largest absolute Gasteiger partial charge is 0.489 e. The highest BCUT2D eigenvalue weighted by molar-refractivity contribution is 5.92. The lowest BCUT2D eigenvalue weighted by molar-refractivity contribution is -0.115. The van der Waals surface area contributed by atoms with Gasteiger partial charge in [-0.3, -0.25) is 9.69 Å². The molecule has 0 aromatic carbocycles. The van der Waals surface area contributed by atoms with E-state index in [2.05, 4.69) is 38.6 Å². The zero-order chi connectivity index (χ0) is 24.6. The topological polar surface area (TPSA) is 117 Å². The lowest BCUT2D eigenvalue weighted by Crippen LogP contribution is -2.44. The quantitative estimate of drug-likeness (QED) is 0.355. The molecular formula is C25H27N7O3. The fraction of sp³-hybridized carbons (Fsp3) is 0.360. The minimum Gasteiger partial charge on any atom is -0.489 e. The van der Waals surface area contributed by atoms with Crippen molar-refractivity contribution in [1.29, 1.82) is 5.26 Å². The molecule has 10 heteroatoms. The third-order valence-corrected chi connectivity index (χ3v) is 5.74. The van der Waals surface area contributed by atoms with Crippen molar-refractivity contribution < 1.29 is 14.3 Å². The lowest BCUT2D eigenvalue weighted by atomic mass is 10.1. The van der Waals surface area contributed by atoms with Crippen LogP contribution in [0.3, 0.4) is 0 Å². The van der Waals surface area contributed by atoms with Gasteiger partial charge < -0.3 is 20.1 Å². The zero-order valence-electron chi connectivity index (χ0n) is 19.5. The summed E-state index contributed by atoms with van der Waals surface area (Å²) in [6.07, 6.45) is 10.1. The first kappa shape index (κ1) is 24.0. The average molecular weight is 474 g/mol. The summed E-state index contributed by atoms with van der Waals surface area (Å²) in [5, 5.41) is 19.6. The number of hydrogen-bond acceptors (Lipinski definition) is 8. The number of morpholine rings is 1. The number of aromatic nitrogens is 3. The Labute approximate surface area is 203 Å². The Bertz CT molecular complexity index is 1260. The molecule has 0 spiro atoms. The van der Waals surface area contributed by atoms with Crippen molar-refractivity contribution in [2.75, 3.05) is 51.3 Å². The van der Waals surface area contributed by atoms with Gasteiger partial charge in [0.1, 0.15) is 30.3 Å². The number of nitrogens with one attached hydrogen (secondary N) is 2. The maximum absolute atomic E-state index is 11.1. The van der Waals surface area contributed by atoms with E-state index in [1.165, 1.54) is 0 Å². The van der Waals surface area contributed by atoms with Crippen LogP contribution in [0.15, 0.2) is 36.8 Å². The van der Waals surface area contributed by atoms with E-state index in [9.17, 15) is 10.1 Å². The highest BCUT2D eigenvalue weighted by atomic mass is 16.5. The third kappa shape index (κ3) is 5.87. The summed E-state index contributed by atoms with van der Waals surface area (Å²) in [5.41, 5.74) is 2.75. The van der Waals surface area contributed by atoms with Crippen LogP contribution in [-0.2, 0) is 9.53 Å². The molecule has 1 fully saturated rings. The highest BCUT2D eigenvalue weighted by Gasteiger charge is 2.20. The van der Waals surface area contributed by atoms with E-state index in [1.807, 2.05) is 24.1 Å². The number of rotatable bonds is 9. The van der Waals surface area contributed by atoms with Crippen LogP contribution in [0, 0.1) is 23.7 Å². The minimum atomic E-state index is -0.451. The third-order valence-electron chi connectivity index (χ3n) is 5.74. The Hall–Kier alpha value is -4.12. The number of terminal acetylenes is 1. The number of pyridine rings is 2. The molecular weight excluding hydrogens is 446 g/mol. The summed E-state index contributed by atoms with van der Waals surface area (Å²) < 4.78 is 13.6. The molecule has 180 valence electrons. The zero-order valence-corrected chi connectivity index (χ0v) is 19.5. The number of carbonyl (C=O) groups is 1. The Morgan fingerprint density at radius 3 is 3.00 bits per heavy atom. The molecule has 0 radical (unpaired) electrons. The summed E-state index contributed by atoms with van der Waals surface area (Å²) >= 11 is 0. The second-order valence-corrected chi connectivity index (χ2v) is 8.01. The summed E-state index contributed by atoms with van der Waals surface area (Å²) in [5.74, 6) is 2.83. The van der Waals surface area contributed by atoms with Crippen molar-refractivity contribution in [2.24, 2.45) is 0 Å². The van der Waals surface area contributed by atoms with Crippen molar-refractivity contribution in [3.63, 3.8) is 0 Å². The van der Waals surface area contributed by atoms with Gasteiger partial charge in [0.2, 0.25) is 0 Å². The molecule has 0 aliphatic carbocycles. The first-order valence-corrected chi connectivity index (χ1v) is 11.4. The number of ether oxygens (including phenoxy) is 2. The maximum atomic E-state index is 11.1. The van der Waals surface area contributed by atoms with Gasteiger partial charge in [0.25, 0.3) is 5.91 Å². The van der Waals surface area contributed by atoms with Crippen LogP contribution in [0.2, 0.25) is 0 Å². The second kappa shape index (κ2) is 11.3. The van der Waals surface area contributed by atoms with E-state index >= 15 is 0 Å². The van der Waals surface area contributed by atoms with Gasteiger partial charge in [-0.15, -0.1) is 6.42 Å². The summed E-state index contributed by atoms with van der Waals surface area (Å²) in [6.45, 7) is 6.87. The second-order valence-electron chi connectivity index (χ2n) is 8.01. The summed E-state index contributed by atoms with van der Waals surface area (Å²) in [6, 6.07) is 7.85. The molecule has 0 unspecified atom stereocenters. The van der Waals surface area contributed by atoms with E-state index in [0.717, 1.165) is 30.8 Å². The van der Waals surface area contributed by atoms with Gasteiger partial charge in [-0.1, -0.05) is 6.92 Å². The van der Waals surface area contributed by atoms with Crippen LogP contribution >= 0.6 is 0 Å². The van der Waals surface area contributed by atoms with Gasteiger partial charge in [-0.25, -0.2) is 9.50 Å². The van der Waals surface area contributed by atoms with Crippen LogP contribution < -0.4 is 15.4 Å². The van der Waals surface area contributed by atoms with Crippen molar-refractivity contribution in [1.82, 2.24) is 24.8 Å². The molecule has 2 N–H and O–H groups in total. The van der Waals surface area contributed by atoms with E-state index in [0.29, 0.717) is 49.0 Å². The normalized spacial score (nSPS) is 15.8. The van der Waals surface area contributed by atoms with Gasteiger partial charge in [0.15, 0.2) is 0 Å². The molecule has 0 saturated carbocycles. The first-order chi connectivity index (χ1) is 17.1. The predicted molar refractivity (Wildman–Crippen MR) is 131 cm³/mol. The number of likely N-dealkylation sites (N-methyl/N-ethyl adjacent to an activating group) is 1.